The largest absolute Gasteiger partial charge is 0.389 e. The van der Waals surface area contributed by atoms with Gasteiger partial charge in [0.05, 0.1) is 5.60 Å². The highest BCUT2D eigenvalue weighted by Gasteiger charge is 2.59. The summed E-state index contributed by atoms with van der Waals surface area (Å²) in [7, 11) is 0. The lowest BCUT2D eigenvalue weighted by Crippen LogP contribution is -2.55. The van der Waals surface area contributed by atoms with Crippen molar-refractivity contribution in [2.24, 2.45) is 22.7 Å². The number of hydrogen-bond acceptors (Lipinski definition) is 1. The van der Waals surface area contributed by atoms with Gasteiger partial charge in [0, 0.05) is 0 Å². The smallest absolute Gasteiger partial charge is 0.0721 e. The fourth-order valence-electron chi connectivity index (χ4n) is 4.72. The molecule has 2 saturated carbocycles. The lowest BCUT2D eigenvalue weighted by molar-refractivity contribution is -0.147. The highest BCUT2D eigenvalue weighted by molar-refractivity contribution is 5.17. The highest BCUT2D eigenvalue weighted by atomic mass is 16.3. The lowest BCUT2D eigenvalue weighted by Gasteiger charge is -2.57. The van der Waals surface area contributed by atoms with Crippen LogP contribution in [-0.2, 0) is 0 Å². The third-order valence-corrected chi connectivity index (χ3v) is 5.65. The van der Waals surface area contributed by atoms with Gasteiger partial charge in [0.1, 0.15) is 0 Å². The van der Waals surface area contributed by atoms with Crippen LogP contribution in [0.15, 0.2) is 12.2 Å². The molecule has 0 heterocycles. The molecule has 16 heavy (non-hydrogen) atoms. The third-order valence-electron chi connectivity index (χ3n) is 5.65. The molecule has 3 rings (SSSR count). The monoisotopic (exact) mass is 220 g/mol. The second-order valence-corrected chi connectivity index (χ2v) is 7.49. The van der Waals surface area contributed by atoms with Crippen molar-refractivity contribution in [1.29, 1.82) is 0 Å². The molecular formula is C15H24O. The average Bonchev–Trinajstić information content (AvgIpc) is 2.19. The molecule has 1 nitrogen and oxygen atoms in total. The van der Waals surface area contributed by atoms with Crippen molar-refractivity contribution in [3.05, 3.63) is 12.2 Å². The summed E-state index contributed by atoms with van der Waals surface area (Å²) in [5.41, 5.74) is 0.342. The SMILES string of the molecule is CC1(C)C[C@H]2[C@H]1CC[C@@]1(C)C=CC[C@]2(O)C1. The molecule has 0 aromatic heterocycles. The Bertz CT molecular complexity index is 343. The van der Waals surface area contributed by atoms with Crippen molar-refractivity contribution < 1.29 is 5.11 Å². The lowest BCUT2D eigenvalue weighted by atomic mass is 9.50. The fraction of sp³-hybridized carbons (Fsp3) is 0.867. The first-order valence-corrected chi connectivity index (χ1v) is 6.75. The summed E-state index contributed by atoms with van der Waals surface area (Å²) in [5, 5.41) is 10.9. The zero-order valence-corrected chi connectivity index (χ0v) is 10.8. The van der Waals surface area contributed by atoms with Gasteiger partial charge >= 0.3 is 0 Å². The van der Waals surface area contributed by atoms with E-state index in [1.54, 1.807) is 0 Å². The van der Waals surface area contributed by atoms with Crippen molar-refractivity contribution in [2.45, 2.75) is 58.5 Å². The molecule has 1 N–H and O–H groups in total. The molecule has 2 bridgehead atoms. The van der Waals surface area contributed by atoms with Crippen LogP contribution in [0.1, 0.15) is 52.9 Å². The van der Waals surface area contributed by atoms with Gasteiger partial charge in [-0.3, -0.25) is 0 Å². The predicted molar refractivity (Wildman–Crippen MR) is 66.0 cm³/mol. The fourth-order valence-corrected chi connectivity index (χ4v) is 4.72. The maximum atomic E-state index is 10.9. The van der Waals surface area contributed by atoms with Crippen LogP contribution in [0.5, 0.6) is 0 Å². The van der Waals surface area contributed by atoms with E-state index in [-0.39, 0.29) is 11.0 Å². The van der Waals surface area contributed by atoms with Gasteiger partial charge < -0.3 is 5.11 Å². The molecule has 3 aliphatic carbocycles. The van der Waals surface area contributed by atoms with Crippen LogP contribution < -0.4 is 0 Å². The van der Waals surface area contributed by atoms with E-state index < -0.39 is 0 Å². The van der Waals surface area contributed by atoms with E-state index in [0.717, 1.165) is 18.8 Å². The topological polar surface area (TPSA) is 20.2 Å². The van der Waals surface area contributed by atoms with Crippen LogP contribution in [0.25, 0.3) is 0 Å². The first-order chi connectivity index (χ1) is 7.35. The van der Waals surface area contributed by atoms with Crippen molar-refractivity contribution in [2.75, 3.05) is 0 Å². The third kappa shape index (κ3) is 1.33. The average molecular weight is 220 g/mol. The van der Waals surface area contributed by atoms with E-state index in [2.05, 4.69) is 32.9 Å². The quantitative estimate of drug-likeness (QED) is 0.619. The molecule has 0 saturated heterocycles. The van der Waals surface area contributed by atoms with Gasteiger partial charge in [-0.1, -0.05) is 32.9 Å². The summed E-state index contributed by atoms with van der Waals surface area (Å²) in [6.45, 7) is 7.08. The molecule has 0 aliphatic heterocycles. The van der Waals surface area contributed by atoms with E-state index in [9.17, 15) is 5.11 Å². The summed E-state index contributed by atoms with van der Waals surface area (Å²) < 4.78 is 0. The molecule has 0 aromatic carbocycles. The Morgan fingerprint density at radius 2 is 1.94 bits per heavy atom. The summed E-state index contributed by atoms with van der Waals surface area (Å²) in [6.07, 6.45) is 10.3. The Hall–Kier alpha value is -0.300. The second-order valence-electron chi connectivity index (χ2n) is 7.49. The Balaban J connectivity index is 1.96. The molecule has 0 unspecified atom stereocenters. The molecule has 1 heteroatoms. The molecule has 0 spiro atoms. The second kappa shape index (κ2) is 2.93. The predicted octanol–water partition coefficient (Wildman–Crippen LogP) is 3.53. The van der Waals surface area contributed by atoms with Gasteiger partial charge in [0.15, 0.2) is 0 Å². The number of fused-ring (bicyclic) bond motifs is 4. The molecule has 0 aromatic rings. The van der Waals surface area contributed by atoms with E-state index >= 15 is 0 Å². The van der Waals surface area contributed by atoms with Gasteiger partial charge in [-0.25, -0.2) is 0 Å². The van der Waals surface area contributed by atoms with Gasteiger partial charge in [-0.05, 0) is 54.8 Å². The van der Waals surface area contributed by atoms with Crippen LogP contribution in [0.2, 0.25) is 0 Å². The highest BCUT2D eigenvalue weighted by Crippen LogP contribution is 2.63. The number of aliphatic hydroxyl groups is 1. The van der Waals surface area contributed by atoms with Gasteiger partial charge in [0.2, 0.25) is 0 Å². The molecule has 0 amide bonds. The number of allylic oxidation sites excluding steroid dienone is 1. The van der Waals surface area contributed by atoms with Crippen molar-refractivity contribution in [3.63, 3.8) is 0 Å². The molecule has 3 aliphatic rings. The normalized spacial score (nSPS) is 53.8. The maximum absolute atomic E-state index is 10.9. The Morgan fingerprint density at radius 1 is 1.19 bits per heavy atom. The summed E-state index contributed by atoms with van der Waals surface area (Å²) in [5.74, 6) is 1.31. The molecule has 0 radical (unpaired) electrons. The standard InChI is InChI=1S/C15H24O/c1-13(2)9-12-11(13)5-8-14(3)6-4-7-15(12,16)10-14/h4,6,11-12,16H,5,7-10H2,1-3H3/t11-,12+,14-,15+/m1/s1. The van der Waals surface area contributed by atoms with Gasteiger partial charge in [-0.2, -0.15) is 0 Å². The van der Waals surface area contributed by atoms with Crippen molar-refractivity contribution in [1.82, 2.24) is 0 Å². The minimum Gasteiger partial charge on any atom is -0.389 e. The van der Waals surface area contributed by atoms with Gasteiger partial charge in [-0.15, -0.1) is 0 Å². The molecule has 4 atom stereocenters. The minimum absolute atomic E-state index is 0.264. The number of rotatable bonds is 0. The van der Waals surface area contributed by atoms with Crippen LogP contribution in [0.3, 0.4) is 0 Å². The van der Waals surface area contributed by atoms with Crippen LogP contribution in [-0.4, -0.2) is 10.7 Å². The molecule has 2 fully saturated rings. The van der Waals surface area contributed by atoms with E-state index in [1.807, 2.05) is 0 Å². The summed E-state index contributed by atoms with van der Waals surface area (Å²) in [4.78, 5) is 0. The van der Waals surface area contributed by atoms with Crippen LogP contribution in [0.4, 0.5) is 0 Å². The van der Waals surface area contributed by atoms with Crippen LogP contribution >= 0.6 is 0 Å². The van der Waals surface area contributed by atoms with Crippen molar-refractivity contribution in [3.8, 4) is 0 Å². The number of hydrogen-bond donors (Lipinski definition) is 1. The Morgan fingerprint density at radius 3 is 2.62 bits per heavy atom. The first-order valence-electron chi connectivity index (χ1n) is 6.75. The van der Waals surface area contributed by atoms with Crippen molar-refractivity contribution >= 4 is 0 Å². The zero-order valence-electron chi connectivity index (χ0n) is 10.8. The minimum atomic E-state index is -0.389. The molecule has 90 valence electrons. The summed E-state index contributed by atoms with van der Waals surface area (Å²) >= 11 is 0. The Kier molecular flexibility index (Phi) is 1.98. The Labute approximate surface area is 98.9 Å². The van der Waals surface area contributed by atoms with Crippen LogP contribution in [0, 0.1) is 22.7 Å². The van der Waals surface area contributed by atoms with E-state index in [4.69, 9.17) is 0 Å². The van der Waals surface area contributed by atoms with E-state index in [0.29, 0.717) is 11.3 Å². The molecular weight excluding hydrogens is 196 g/mol. The maximum Gasteiger partial charge on any atom is 0.0721 e. The van der Waals surface area contributed by atoms with Gasteiger partial charge in [0.25, 0.3) is 0 Å². The summed E-state index contributed by atoms with van der Waals surface area (Å²) in [6, 6.07) is 0. The first kappa shape index (κ1) is 10.8. The zero-order chi connectivity index (χ0) is 11.6. The van der Waals surface area contributed by atoms with E-state index in [1.165, 1.54) is 19.3 Å².